The molecule has 94 valence electrons. The summed E-state index contributed by atoms with van der Waals surface area (Å²) < 4.78 is 26.5. The molecule has 1 aromatic carbocycles. The summed E-state index contributed by atoms with van der Waals surface area (Å²) in [6.07, 6.45) is 1.09. The zero-order valence-electron chi connectivity index (χ0n) is 9.80. The molecule has 17 heavy (non-hydrogen) atoms. The van der Waals surface area contributed by atoms with Crippen LogP contribution in [0.1, 0.15) is 18.9 Å². The van der Waals surface area contributed by atoms with Crippen molar-refractivity contribution in [3.8, 4) is 0 Å². The molecule has 0 radical (unpaired) electrons. The highest BCUT2D eigenvalue weighted by atomic mass is 79.9. The summed E-state index contributed by atoms with van der Waals surface area (Å²) in [4.78, 5) is 2.60. The number of hydrogen-bond acceptors (Lipinski definition) is 1. The molecule has 2 rings (SSSR count). The van der Waals surface area contributed by atoms with Gasteiger partial charge in [-0.2, -0.15) is 0 Å². The molecule has 1 nitrogen and oxygen atoms in total. The summed E-state index contributed by atoms with van der Waals surface area (Å²) in [5.74, 6) is -0.0538. The molecule has 4 heteroatoms. The summed E-state index contributed by atoms with van der Waals surface area (Å²) in [5.41, 5.74) is 0.444. The van der Waals surface area contributed by atoms with Crippen LogP contribution in [0.5, 0.6) is 0 Å². The van der Waals surface area contributed by atoms with E-state index in [9.17, 15) is 8.78 Å². The molecule has 0 aromatic heterocycles. The summed E-state index contributed by atoms with van der Waals surface area (Å²) in [7, 11) is 0. The van der Waals surface area contributed by atoms with E-state index in [1.807, 2.05) is 0 Å². The number of piperidine rings is 1. The lowest BCUT2D eigenvalue weighted by molar-refractivity contribution is 0.192. The Hall–Kier alpha value is -0.480. The Morgan fingerprint density at radius 3 is 2.88 bits per heavy atom. The number of likely N-dealkylation sites (tertiary alicyclic amines) is 1. The molecular formula is C13H16BrF2N. The number of alkyl halides is 1. The predicted octanol–water partition coefficient (Wildman–Crippen LogP) is 3.57. The monoisotopic (exact) mass is 303 g/mol. The second-order valence-electron chi connectivity index (χ2n) is 4.75. The number of halogens is 3. The summed E-state index contributed by atoms with van der Waals surface area (Å²) in [5, 5.41) is 0. The Morgan fingerprint density at radius 1 is 1.41 bits per heavy atom. The Bertz CT molecular complexity index is 397. The second kappa shape index (κ2) is 5.44. The van der Waals surface area contributed by atoms with Crippen molar-refractivity contribution in [1.29, 1.82) is 0 Å². The van der Waals surface area contributed by atoms with Gasteiger partial charge in [-0.15, -0.1) is 0 Å². The van der Waals surface area contributed by atoms with Crippen LogP contribution in [0.25, 0.3) is 0 Å². The van der Waals surface area contributed by atoms with Crippen molar-refractivity contribution >= 4 is 15.9 Å². The summed E-state index contributed by atoms with van der Waals surface area (Å²) in [6, 6.07) is 3.64. The van der Waals surface area contributed by atoms with Gasteiger partial charge >= 0.3 is 0 Å². The van der Waals surface area contributed by atoms with Gasteiger partial charge in [-0.25, -0.2) is 8.78 Å². The van der Waals surface area contributed by atoms with Crippen molar-refractivity contribution in [2.24, 2.45) is 5.92 Å². The van der Waals surface area contributed by atoms with Crippen LogP contribution in [0.3, 0.4) is 0 Å². The maximum atomic E-state index is 13.5. The quantitative estimate of drug-likeness (QED) is 0.755. The number of hydrogen-bond donors (Lipinski definition) is 0. The summed E-state index contributed by atoms with van der Waals surface area (Å²) >= 11 is 3.63. The second-order valence-corrected chi connectivity index (χ2v) is 5.93. The number of benzene rings is 1. The highest BCUT2D eigenvalue weighted by Crippen LogP contribution is 2.25. The predicted molar refractivity (Wildman–Crippen MR) is 68.1 cm³/mol. The maximum Gasteiger partial charge on any atom is 0.127 e. The van der Waals surface area contributed by atoms with Crippen molar-refractivity contribution in [2.75, 3.05) is 13.1 Å². The molecular weight excluding hydrogens is 288 g/mol. The molecule has 0 amide bonds. The third-order valence-electron chi connectivity index (χ3n) is 3.35. The first kappa shape index (κ1) is 13.0. The van der Waals surface area contributed by atoms with E-state index in [0.29, 0.717) is 22.9 Å². The van der Waals surface area contributed by atoms with Crippen LogP contribution in [0.15, 0.2) is 18.2 Å². The van der Waals surface area contributed by atoms with Gasteiger partial charge in [0.2, 0.25) is 0 Å². The van der Waals surface area contributed by atoms with Crippen molar-refractivity contribution in [1.82, 2.24) is 4.90 Å². The first-order chi connectivity index (χ1) is 8.06. The van der Waals surface area contributed by atoms with Gasteiger partial charge in [0, 0.05) is 23.5 Å². The Morgan fingerprint density at radius 2 is 2.18 bits per heavy atom. The third-order valence-corrected chi connectivity index (χ3v) is 4.54. The highest BCUT2D eigenvalue weighted by Gasteiger charge is 2.24. The smallest absolute Gasteiger partial charge is 0.127 e. The molecule has 0 spiro atoms. The zero-order valence-corrected chi connectivity index (χ0v) is 11.4. The Labute approximate surface area is 109 Å². The molecule has 2 unspecified atom stereocenters. The van der Waals surface area contributed by atoms with Crippen LogP contribution in [0.4, 0.5) is 8.78 Å². The standard InChI is InChI=1S/C13H16BrF2N/c1-9-4-5-17(8-12(9)14)7-10-6-11(15)2-3-13(10)16/h2-3,6,9,12H,4-5,7-8H2,1H3. The first-order valence-corrected chi connectivity index (χ1v) is 6.78. The summed E-state index contributed by atoms with van der Waals surface area (Å²) in [6.45, 7) is 4.52. The van der Waals surface area contributed by atoms with Crippen LogP contribution in [0.2, 0.25) is 0 Å². The Balaban J connectivity index is 2.03. The van der Waals surface area contributed by atoms with Crippen LogP contribution in [-0.2, 0) is 6.54 Å². The first-order valence-electron chi connectivity index (χ1n) is 5.86. The molecule has 1 saturated heterocycles. The molecule has 0 aliphatic carbocycles. The lowest BCUT2D eigenvalue weighted by Gasteiger charge is -2.34. The molecule has 1 fully saturated rings. The van der Waals surface area contributed by atoms with Gasteiger partial charge in [0.05, 0.1) is 0 Å². The minimum atomic E-state index is -0.373. The van der Waals surface area contributed by atoms with Gasteiger partial charge in [0.25, 0.3) is 0 Å². The van der Waals surface area contributed by atoms with Gasteiger partial charge in [0.1, 0.15) is 11.6 Å². The average Bonchev–Trinajstić information content (AvgIpc) is 2.29. The van der Waals surface area contributed by atoms with E-state index < -0.39 is 0 Å². The average molecular weight is 304 g/mol. The molecule has 0 bridgehead atoms. The van der Waals surface area contributed by atoms with E-state index >= 15 is 0 Å². The third kappa shape index (κ3) is 3.26. The van der Waals surface area contributed by atoms with Crippen LogP contribution >= 0.6 is 15.9 Å². The number of rotatable bonds is 2. The van der Waals surface area contributed by atoms with Crippen LogP contribution in [0, 0.1) is 17.6 Å². The molecule has 1 aliphatic rings. The van der Waals surface area contributed by atoms with Gasteiger partial charge in [-0.3, -0.25) is 4.90 Å². The van der Waals surface area contributed by atoms with Gasteiger partial charge < -0.3 is 0 Å². The minimum absolute atomic E-state index is 0.323. The van der Waals surface area contributed by atoms with Crippen LogP contribution < -0.4 is 0 Å². The topological polar surface area (TPSA) is 3.24 Å². The van der Waals surface area contributed by atoms with Gasteiger partial charge in [-0.1, -0.05) is 22.9 Å². The van der Waals surface area contributed by atoms with E-state index in [1.54, 1.807) is 0 Å². The molecule has 1 heterocycles. The minimum Gasteiger partial charge on any atom is -0.298 e. The lowest BCUT2D eigenvalue weighted by Crippen LogP contribution is -2.39. The molecule has 1 aromatic rings. The van der Waals surface area contributed by atoms with Gasteiger partial charge in [-0.05, 0) is 37.1 Å². The maximum absolute atomic E-state index is 13.5. The zero-order chi connectivity index (χ0) is 12.4. The largest absolute Gasteiger partial charge is 0.298 e. The fraction of sp³-hybridized carbons (Fsp3) is 0.538. The molecule has 2 atom stereocenters. The number of nitrogens with zero attached hydrogens (tertiary/aromatic N) is 1. The fourth-order valence-corrected chi connectivity index (χ4v) is 2.81. The van der Waals surface area contributed by atoms with Crippen molar-refractivity contribution in [3.63, 3.8) is 0 Å². The van der Waals surface area contributed by atoms with E-state index in [1.165, 1.54) is 12.1 Å². The van der Waals surface area contributed by atoms with Gasteiger partial charge in [0.15, 0.2) is 0 Å². The molecule has 0 N–H and O–H groups in total. The van der Waals surface area contributed by atoms with E-state index in [2.05, 4.69) is 27.8 Å². The van der Waals surface area contributed by atoms with E-state index in [-0.39, 0.29) is 11.6 Å². The van der Waals surface area contributed by atoms with E-state index in [4.69, 9.17) is 0 Å². The molecule has 0 saturated carbocycles. The lowest BCUT2D eigenvalue weighted by atomic mass is 9.98. The SMILES string of the molecule is CC1CCN(Cc2cc(F)ccc2F)CC1Br. The van der Waals surface area contributed by atoms with Crippen molar-refractivity contribution in [2.45, 2.75) is 24.7 Å². The van der Waals surface area contributed by atoms with E-state index in [0.717, 1.165) is 25.6 Å². The van der Waals surface area contributed by atoms with Crippen molar-refractivity contribution < 1.29 is 8.78 Å². The normalized spacial score (nSPS) is 26.1. The van der Waals surface area contributed by atoms with Crippen molar-refractivity contribution in [3.05, 3.63) is 35.4 Å². The fourth-order valence-electron chi connectivity index (χ4n) is 2.13. The van der Waals surface area contributed by atoms with Crippen LogP contribution in [-0.4, -0.2) is 22.8 Å². The highest BCUT2D eigenvalue weighted by molar-refractivity contribution is 9.09. The Kier molecular flexibility index (Phi) is 4.15. The molecule has 1 aliphatic heterocycles.